The van der Waals surface area contributed by atoms with Gasteiger partial charge in [0.2, 0.25) is 0 Å². The van der Waals surface area contributed by atoms with E-state index in [-0.39, 0.29) is 14.8 Å². The van der Waals surface area contributed by atoms with Gasteiger partial charge in [0.15, 0.2) is 9.84 Å². The first kappa shape index (κ1) is 17.8. The van der Waals surface area contributed by atoms with Crippen LogP contribution in [-0.4, -0.2) is 23.1 Å². The van der Waals surface area contributed by atoms with Crippen molar-refractivity contribution in [1.29, 1.82) is 0 Å². The molecule has 0 heterocycles. The maximum Gasteiger partial charge on any atom is 0.263 e. The van der Waals surface area contributed by atoms with Crippen LogP contribution in [0.3, 0.4) is 0 Å². The first-order valence-corrected chi connectivity index (χ1v) is 10.5. The molecule has 2 rings (SSSR count). The Morgan fingerprint density at radius 3 is 2.35 bits per heavy atom. The first-order valence-electron chi connectivity index (χ1n) is 6.75. The van der Waals surface area contributed by atoms with Crippen molar-refractivity contribution in [2.45, 2.75) is 23.1 Å². The van der Waals surface area contributed by atoms with Gasteiger partial charge in [0.25, 0.3) is 10.0 Å². The van der Waals surface area contributed by atoms with Crippen molar-refractivity contribution in [2.24, 2.45) is 0 Å². The summed E-state index contributed by atoms with van der Waals surface area (Å²) < 4.78 is 50.7. The lowest BCUT2D eigenvalue weighted by Gasteiger charge is -2.11. The summed E-state index contributed by atoms with van der Waals surface area (Å²) in [5.74, 6) is 0. The van der Waals surface area contributed by atoms with Crippen molar-refractivity contribution < 1.29 is 16.8 Å². The molecule has 0 unspecified atom stereocenters. The van der Waals surface area contributed by atoms with Crippen LogP contribution in [0.15, 0.2) is 52.3 Å². The third kappa shape index (κ3) is 4.25. The number of rotatable bonds is 5. The van der Waals surface area contributed by atoms with E-state index in [4.69, 9.17) is 11.6 Å². The smallest absolute Gasteiger partial charge is 0.263 e. The van der Waals surface area contributed by atoms with Crippen molar-refractivity contribution in [2.75, 3.05) is 11.0 Å². The molecule has 0 fully saturated rings. The molecule has 0 atom stereocenters. The van der Waals surface area contributed by atoms with Crippen LogP contribution in [0.25, 0.3) is 0 Å². The Morgan fingerprint density at radius 1 is 1.04 bits per heavy atom. The van der Waals surface area contributed by atoms with Gasteiger partial charge >= 0.3 is 0 Å². The largest absolute Gasteiger partial charge is 0.280 e. The van der Waals surface area contributed by atoms with Crippen molar-refractivity contribution in [1.82, 2.24) is 0 Å². The maximum absolute atomic E-state index is 12.5. The Balaban J connectivity index is 2.47. The van der Waals surface area contributed by atoms with Gasteiger partial charge in [-0.1, -0.05) is 30.7 Å². The second-order valence-corrected chi connectivity index (χ2v) is 9.10. The van der Waals surface area contributed by atoms with Crippen LogP contribution < -0.4 is 4.72 Å². The van der Waals surface area contributed by atoms with E-state index in [9.17, 15) is 16.8 Å². The summed E-state index contributed by atoms with van der Waals surface area (Å²) in [5.41, 5.74) is 1.37. The molecular formula is C15H16ClNO4S2. The minimum Gasteiger partial charge on any atom is -0.280 e. The van der Waals surface area contributed by atoms with Gasteiger partial charge in [-0.25, -0.2) is 16.8 Å². The molecule has 0 saturated heterocycles. The van der Waals surface area contributed by atoms with Crippen LogP contribution in [0.4, 0.5) is 5.69 Å². The second kappa shape index (κ2) is 6.51. The predicted molar refractivity (Wildman–Crippen MR) is 91.2 cm³/mol. The van der Waals surface area contributed by atoms with E-state index in [2.05, 4.69) is 4.72 Å². The number of halogens is 1. The SMILES string of the molecule is CCc1cccc(NS(=O)(=O)c2cc(S(C)(=O)=O)ccc2Cl)c1. The number of benzene rings is 2. The first-order chi connectivity index (χ1) is 10.6. The number of sulfone groups is 1. The zero-order valence-electron chi connectivity index (χ0n) is 12.6. The standard InChI is InChI=1S/C15H16ClNO4S2/c1-3-11-5-4-6-12(9-11)17-23(20,21)15-10-13(22(2,18)19)7-8-14(15)16/h4-10,17H,3H2,1-2H3. The molecule has 0 bridgehead atoms. The number of anilines is 1. The highest BCUT2D eigenvalue weighted by molar-refractivity contribution is 7.93. The molecule has 0 amide bonds. The van der Waals surface area contributed by atoms with Gasteiger partial charge in [0, 0.05) is 11.9 Å². The van der Waals surface area contributed by atoms with Crippen LogP contribution in [0.5, 0.6) is 0 Å². The minimum absolute atomic E-state index is 0.0449. The molecule has 0 aliphatic heterocycles. The number of aryl methyl sites for hydroxylation is 1. The average Bonchev–Trinajstić information content (AvgIpc) is 2.46. The van der Waals surface area contributed by atoms with Crippen molar-refractivity contribution >= 4 is 37.1 Å². The Hall–Kier alpha value is -1.57. The zero-order valence-corrected chi connectivity index (χ0v) is 15.0. The minimum atomic E-state index is -4.00. The summed E-state index contributed by atoms with van der Waals surface area (Å²) in [4.78, 5) is -0.381. The highest BCUT2D eigenvalue weighted by Crippen LogP contribution is 2.27. The Bertz CT molecular complexity index is 938. The summed E-state index contributed by atoms with van der Waals surface area (Å²) in [6, 6.07) is 10.5. The van der Waals surface area contributed by atoms with Crippen LogP contribution in [0.1, 0.15) is 12.5 Å². The number of hydrogen-bond donors (Lipinski definition) is 1. The molecule has 1 N–H and O–H groups in total. The molecule has 0 radical (unpaired) electrons. The fourth-order valence-electron chi connectivity index (χ4n) is 1.99. The Kier molecular flexibility index (Phi) is 5.03. The average molecular weight is 374 g/mol. The highest BCUT2D eigenvalue weighted by Gasteiger charge is 2.21. The third-order valence-electron chi connectivity index (χ3n) is 3.21. The normalized spacial score (nSPS) is 12.1. The van der Waals surface area contributed by atoms with E-state index in [0.717, 1.165) is 24.3 Å². The van der Waals surface area contributed by atoms with Gasteiger partial charge in [-0.3, -0.25) is 4.72 Å². The van der Waals surface area contributed by atoms with Gasteiger partial charge in [0.1, 0.15) is 4.90 Å². The molecule has 0 aliphatic carbocycles. The molecule has 0 aliphatic rings. The lowest BCUT2D eigenvalue weighted by atomic mass is 10.1. The van der Waals surface area contributed by atoms with Crippen molar-refractivity contribution in [3.8, 4) is 0 Å². The molecule has 0 saturated carbocycles. The summed E-state index contributed by atoms with van der Waals surface area (Å²) >= 11 is 5.94. The quantitative estimate of drug-likeness (QED) is 0.873. The Morgan fingerprint density at radius 2 is 1.74 bits per heavy atom. The number of sulfonamides is 1. The molecule has 8 heteroatoms. The van der Waals surface area contributed by atoms with Gasteiger partial charge in [0.05, 0.1) is 9.92 Å². The van der Waals surface area contributed by atoms with E-state index in [1.165, 1.54) is 12.1 Å². The predicted octanol–water partition coefficient (Wildman–Crippen LogP) is 3.11. The van der Waals surface area contributed by atoms with E-state index >= 15 is 0 Å². The summed E-state index contributed by atoms with van der Waals surface area (Å²) in [6.07, 6.45) is 1.77. The van der Waals surface area contributed by atoms with Gasteiger partial charge in [-0.05, 0) is 42.3 Å². The van der Waals surface area contributed by atoms with Crippen molar-refractivity contribution in [3.63, 3.8) is 0 Å². The van der Waals surface area contributed by atoms with Gasteiger partial charge < -0.3 is 0 Å². The monoisotopic (exact) mass is 373 g/mol. The molecule has 23 heavy (non-hydrogen) atoms. The fourth-order valence-corrected chi connectivity index (χ4v) is 4.28. The third-order valence-corrected chi connectivity index (χ3v) is 6.18. The lowest BCUT2D eigenvalue weighted by Crippen LogP contribution is -2.14. The molecular weight excluding hydrogens is 358 g/mol. The van der Waals surface area contributed by atoms with Gasteiger partial charge in [-0.15, -0.1) is 0 Å². The fraction of sp³-hybridized carbons (Fsp3) is 0.200. The second-order valence-electron chi connectivity index (χ2n) is 5.02. The molecule has 2 aromatic carbocycles. The summed E-state index contributed by atoms with van der Waals surface area (Å²) in [5, 5.41) is -0.0449. The molecule has 0 aromatic heterocycles. The van der Waals surface area contributed by atoms with Crippen LogP contribution in [0, 0.1) is 0 Å². The topological polar surface area (TPSA) is 80.3 Å². The molecule has 2 aromatic rings. The van der Waals surface area contributed by atoms with Crippen LogP contribution in [0.2, 0.25) is 5.02 Å². The number of nitrogens with one attached hydrogen (secondary N) is 1. The molecule has 5 nitrogen and oxygen atoms in total. The highest BCUT2D eigenvalue weighted by atomic mass is 35.5. The zero-order chi connectivity index (χ0) is 17.3. The van der Waals surface area contributed by atoms with E-state index < -0.39 is 19.9 Å². The summed E-state index contributed by atoms with van der Waals surface area (Å²) in [6.45, 7) is 1.96. The van der Waals surface area contributed by atoms with Gasteiger partial charge in [-0.2, -0.15) is 0 Å². The maximum atomic E-state index is 12.5. The molecule has 0 spiro atoms. The molecule has 124 valence electrons. The van der Waals surface area contributed by atoms with Crippen LogP contribution in [-0.2, 0) is 26.3 Å². The van der Waals surface area contributed by atoms with E-state index in [1.807, 2.05) is 13.0 Å². The van der Waals surface area contributed by atoms with Crippen molar-refractivity contribution in [3.05, 3.63) is 53.1 Å². The summed E-state index contributed by atoms with van der Waals surface area (Å²) in [7, 11) is -7.53. The van der Waals surface area contributed by atoms with E-state index in [1.54, 1.807) is 18.2 Å². The van der Waals surface area contributed by atoms with E-state index in [0.29, 0.717) is 5.69 Å². The van der Waals surface area contributed by atoms with Crippen LogP contribution >= 0.6 is 11.6 Å². The Labute approximate surface area is 141 Å². The lowest BCUT2D eigenvalue weighted by molar-refractivity contribution is 0.600. The number of hydrogen-bond acceptors (Lipinski definition) is 4.